The molecule has 0 amide bonds. The minimum absolute atomic E-state index is 0.0125. The van der Waals surface area contributed by atoms with E-state index < -0.39 is 0 Å². The summed E-state index contributed by atoms with van der Waals surface area (Å²) >= 11 is 3.46. The maximum Gasteiger partial charge on any atom is 0.125 e. The van der Waals surface area contributed by atoms with Crippen LogP contribution in [0.1, 0.15) is 32.4 Å². The van der Waals surface area contributed by atoms with Crippen LogP contribution in [0.3, 0.4) is 0 Å². The summed E-state index contributed by atoms with van der Waals surface area (Å²) in [4.78, 5) is 2.34. The molecule has 0 aliphatic heterocycles. The molecule has 0 saturated carbocycles. The molecule has 18 heavy (non-hydrogen) atoms. The number of rotatable bonds is 7. The Bertz CT molecular complexity index is 365. The molecule has 1 rings (SSSR count). The minimum atomic E-state index is -0.0125. The molecule has 1 aromatic rings. The van der Waals surface area contributed by atoms with Crippen LogP contribution < -0.4 is 10.5 Å². The van der Waals surface area contributed by atoms with E-state index >= 15 is 0 Å². The first-order chi connectivity index (χ1) is 8.58. The van der Waals surface area contributed by atoms with E-state index in [0.717, 1.165) is 35.4 Å². The van der Waals surface area contributed by atoms with Gasteiger partial charge in [-0.15, -0.1) is 0 Å². The number of likely N-dealkylation sites (N-methyl/N-ethyl adjacent to an activating group) is 1. The third-order valence-corrected chi connectivity index (χ3v) is 3.52. The molecule has 0 heterocycles. The minimum Gasteiger partial charge on any atom is -0.492 e. The third kappa shape index (κ3) is 4.59. The quantitative estimate of drug-likeness (QED) is 0.840. The summed E-state index contributed by atoms with van der Waals surface area (Å²) < 4.78 is 6.88. The number of ether oxygens (including phenoxy) is 1. The van der Waals surface area contributed by atoms with E-state index in [4.69, 9.17) is 10.5 Å². The van der Waals surface area contributed by atoms with Crippen LogP contribution in [0.2, 0.25) is 0 Å². The second kappa shape index (κ2) is 7.77. The van der Waals surface area contributed by atoms with E-state index in [1.165, 1.54) is 0 Å². The molecule has 1 aromatic carbocycles. The number of halogens is 1. The van der Waals surface area contributed by atoms with E-state index in [2.05, 4.69) is 34.7 Å². The van der Waals surface area contributed by atoms with Crippen molar-refractivity contribution in [2.24, 2.45) is 5.73 Å². The zero-order chi connectivity index (χ0) is 13.5. The van der Waals surface area contributed by atoms with Gasteiger partial charge in [0.1, 0.15) is 12.4 Å². The number of benzene rings is 1. The summed E-state index contributed by atoms with van der Waals surface area (Å²) in [6.45, 7) is 10.0. The van der Waals surface area contributed by atoms with Crippen molar-refractivity contribution in [1.82, 2.24) is 4.90 Å². The molecule has 0 spiro atoms. The summed E-state index contributed by atoms with van der Waals surface area (Å²) in [7, 11) is 0. The van der Waals surface area contributed by atoms with Crippen molar-refractivity contribution in [3.05, 3.63) is 28.2 Å². The normalized spacial score (nSPS) is 12.8. The molecule has 2 N–H and O–H groups in total. The molecule has 0 saturated heterocycles. The summed E-state index contributed by atoms with van der Waals surface area (Å²) in [5.74, 6) is 0.881. The fraction of sp³-hybridized carbons (Fsp3) is 0.571. The topological polar surface area (TPSA) is 38.5 Å². The zero-order valence-corrected chi connectivity index (χ0v) is 13.0. The molecule has 0 unspecified atom stereocenters. The monoisotopic (exact) mass is 314 g/mol. The fourth-order valence-corrected chi connectivity index (χ4v) is 2.17. The lowest BCUT2D eigenvalue weighted by Crippen LogP contribution is -2.28. The lowest BCUT2D eigenvalue weighted by Gasteiger charge is -2.19. The van der Waals surface area contributed by atoms with E-state index in [-0.39, 0.29) is 6.04 Å². The first-order valence-corrected chi connectivity index (χ1v) is 7.28. The summed E-state index contributed by atoms with van der Waals surface area (Å²) in [5, 5.41) is 0. The number of hydrogen-bond acceptors (Lipinski definition) is 3. The lowest BCUT2D eigenvalue weighted by atomic mass is 10.1. The molecular weight excluding hydrogens is 292 g/mol. The van der Waals surface area contributed by atoms with Gasteiger partial charge in [-0.25, -0.2) is 0 Å². The van der Waals surface area contributed by atoms with Gasteiger partial charge in [-0.1, -0.05) is 35.8 Å². The van der Waals surface area contributed by atoms with Gasteiger partial charge in [-0.3, -0.25) is 0 Å². The maximum atomic E-state index is 5.94. The van der Waals surface area contributed by atoms with Crippen LogP contribution in [0.5, 0.6) is 5.75 Å². The molecule has 0 aliphatic carbocycles. The Morgan fingerprint density at radius 2 is 2.00 bits per heavy atom. The van der Waals surface area contributed by atoms with E-state index in [9.17, 15) is 0 Å². The molecule has 0 aliphatic rings. The molecule has 0 aromatic heterocycles. The van der Waals surface area contributed by atoms with Crippen LogP contribution in [0.25, 0.3) is 0 Å². The maximum absolute atomic E-state index is 5.94. The van der Waals surface area contributed by atoms with Crippen molar-refractivity contribution in [2.45, 2.75) is 26.8 Å². The van der Waals surface area contributed by atoms with E-state index in [0.29, 0.717) is 6.61 Å². The standard InChI is InChI=1S/C14H23BrN2O/c1-4-17(5-2)8-9-18-14-10-12(15)6-7-13(14)11(3)16/h6-7,10-11H,4-5,8-9,16H2,1-3H3/t11-/m1/s1. The van der Waals surface area contributed by atoms with Gasteiger partial charge in [-0.05, 0) is 32.1 Å². The highest BCUT2D eigenvalue weighted by molar-refractivity contribution is 9.10. The summed E-state index contributed by atoms with van der Waals surface area (Å²) in [6.07, 6.45) is 0. The fourth-order valence-electron chi connectivity index (χ4n) is 1.83. The van der Waals surface area contributed by atoms with Gasteiger partial charge in [0.25, 0.3) is 0 Å². The van der Waals surface area contributed by atoms with Crippen LogP contribution in [0.15, 0.2) is 22.7 Å². The summed E-state index contributed by atoms with van der Waals surface area (Å²) in [5.41, 5.74) is 7.00. The average Bonchev–Trinajstić information content (AvgIpc) is 2.34. The first kappa shape index (κ1) is 15.5. The third-order valence-electron chi connectivity index (χ3n) is 3.03. The molecule has 0 fully saturated rings. The second-order valence-corrected chi connectivity index (χ2v) is 5.26. The Hall–Kier alpha value is -0.580. The van der Waals surface area contributed by atoms with Crippen LogP contribution >= 0.6 is 15.9 Å². The Labute approximate surface area is 118 Å². The molecule has 102 valence electrons. The van der Waals surface area contributed by atoms with Crippen molar-refractivity contribution in [2.75, 3.05) is 26.2 Å². The van der Waals surface area contributed by atoms with Gasteiger partial charge in [0, 0.05) is 22.6 Å². The highest BCUT2D eigenvalue weighted by Gasteiger charge is 2.09. The van der Waals surface area contributed by atoms with Gasteiger partial charge in [0.2, 0.25) is 0 Å². The van der Waals surface area contributed by atoms with E-state index in [1.807, 2.05) is 25.1 Å². The van der Waals surface area contributed by atoms with Crippen molar-refractivity contribution >= 4 is 15.9 Å². The molecule has 0 bridgehead atoms. The molecule has 3 nitrogen and oxygen atoms in total. The van der Waals surface area contributed by atoms with Crippen molar-refractivity contribution in [3.63, 3.8) is 0 Å². The van der Waals surface area contributed by atoms with Crippen LogP contribution in [-0.4, -0.2) is 31.1 Å². The molecule has 0 radical (unpaired) electrons. The van der Waals surface area contributed by atoms with Crippen LogP contribution in [0.4, 0.5) is 0 Å². The Balaban J connectivity index is 2.63. The van der Waals surface area contributed by atoms with Gasteiger partial charge < -0.3 is 15.4 Å². The number of hydrogen-bond donors (Lipinski definition) is 1. The Morgan fingerprint density at radius 1 is 1.33 bits per heavy atom. The van der Waals surface area contributed by atoms with Crippen LogP contribution in [-0.2, 0) is 0 Å². The van der Waals surface area contributed by atoms with Crippen molar-refractivity contribution < 1.29 is 4.74 Å². The zero-order valence-electron chi connectivity index (χ0n) is 11.4. The predicted molar refractivity (Wildman–Crippen MR) is 80.0 cm³/mol. The van der Waals surface area contributed by atoms with Crippen molar-refractivity contribution in [3.8, 4) is 5.75 Å². The number of nitrogens with zero attached hydrogens (tertiary/aromatic N) is 1. The Morgan fingerprint density at radius 3 is 2.56 bits per heavy atom. The smallest absolute Gasteiger partial charge is 0.125 e. The second-order valence-electron chi connectivity index (χ2n) is 4.35. The van der Waals surface area contributed by atoms with Gasteiger partial charge >= 0.3 is 0 Å². The molecule has 1 atom stereocenters. The van der Waals surface area contributed by atoms with Gasteiger partial charge in [0.15, 0.2) is 0 Å². The highest BCUT2D eigenvalue weighted by Crippen LogP contribution is 2.27. The Kier molecular flexibility index (Phi) is 6.68. The lowest BCUT2D eigenvalue weighted by molar-refractivity contribution is 0.221. The van der Waals surface area contributed by atoms with Crippen molar-refractivity contribution in [1.29, 1.82) is 0 Å². The molecule has 4 heteroatoms. The largest absolute Gasteiger partial charge is 0.492 e. The first-order valence-electron chi connectivity index (χ1n) is 6.48. The van der Waals surface area contributed by atoms with Crippen LogP contribution in [0, 0.1) is 0 Å². The van der Waals surface area contributed by atoms with E-state index in [1.54, 1.807) is 0 Å². The average molecular weight is 315 g/mol. The van der Waals surface area contributed by atoms with Gasteiger partial charge in [-0.2, -0.15) is 0 Å². The SMILES string of the molecule is CCN(CC)CCOc1cc(Br)ccc1[C@@H](C)N. The highest BCUT2D eigenvalue weighted by atomic mass is 79.9. The predicted octanol–water partition coefficient (Wildman–Crippen LogP) is 3.19. The number of nitrogens with two attached hydrogens (primary N) is 1. The van der Waals surface area contributed by atoms with Gasteiger partial charge in [0.05, 0.1) is 0 Å². The summed E-state index contributed by atoms with van der Waals surface area (Å²) in [6, 6.07) is 5.99. The molecular formula is C14H23BrN2O.